The van der Waals surface area contributed by atoms with Gasteiger partial charge < -0.3 is 4.57 Å². The van der Waals surface area contributed by atoms with Crippen molar-refractivity contribution >= 4 is 38.6 Å². The maximum Gasteiger partial charge on any atom is 0.285 e. The molecule has 2 aromatic rings. The first-order chi connectivity index (χ1) is 10.6. The Hall–Kier alpha value is -1.71. The smallest absolute Gasteiger partial charge is 0.285 e. The van der Waals surface area contributed by atoms with E-state index in [0.717, 1.165) is 10.9 Å². The fourth-order valence-electron chi connectivity index (χ4n) is 1.81. The highest BCUT2D eigenvalue weighted by atomic mass is 35.5. The van der Waals surface area contributed by atoms with Crippen LogP contribution in [0.2, 0.25) is 5.15 Å². The molecule has 0 aliphatic carbocycles. The van der Waals surface area contributed by atoms with Crippen molar-refractivity contribution < 1.29 is 13.3 Å². The molecule has 0 aliphatic heterocycles. The van der Waals surface area contributed by atoms with Crippen molar-refractivity contribution in [2.75, 3.05) is 0 Å². The summed E-state index contributed by atoms with van der Waals surface area (Å²) in [6.07, 6.45) is 0. The van der Waals surface area contributed by atoms with Crippen LogP contribution < -0.4 is 4.80 Å². The summed E-state index contributed by atoms with van der Waals surface area (Å²) in [6.45, 7) is 3.88. The van der Waals surface area contributed by atoms with Crippen LogP contribution in [-0.4, -0.2) is 17.9 Å². The van der Waals surface area contributed by atoms with Gasteiger partial charge in [0.2, 0.25) is 4.80 Å². The monoisotopic (exact) mass is 375 g/mol. The number of nitrogens with zero attached hydrogens (tertiary/aromatic N) is 3. The first kappa shape index (κ1) is 17.6. The summed E-state index contributed by atoms with van der Waals surface area (Å²) in [7, 11) is -2.45. The number of non-ortho nitro benzene ring substituents is 1. The van der Waals surface area contributed by atoms with Crippen LogP contribution in [0.15, 0.2) is 33.6 Å². The zero-order chi connectivity index (χ0) is 17.4. The molecule has 1 aromatic carbocycles. The number of rotatable bonds is 4. The third-order valence-corrected chi connectivity index (χ3v) is 6.42. The lowest BCUT2D eigenvalue weighted by Crippen LogP contribution is -2.13. The number of hydrogen-bond acceptors (Lipinski definition) is 5. The van der Waals surface area contributed by atoms with E-state index in [2.05, 4.69) is 4.40 Å². The first-order valence-corrected chi connectivity index (χ1v) is 9.17. The Labute approximate surface area is 142 Å². The van der Waals surface area contributed by atoms with Crippen LogP contribution in [0.3, 0.4) is 0 Å². The Morgan fingerprint density at radius 2 is 2.04 bits per heavy atom. The van der Waals surface area contributed by atoms with E-state index in [4.69, 9.17) is 11.6 Å². The van der Waals surface area contributed by atoms with Crippen molar-refractivity contribution in [3.8, 4) is 0 Å². The van der Waals surface area contributed by atoms with E-state index in [1.807, 2.05) is 13.8 Å². The minimum absolute atomic E-state index is 0.128. The predicted octanol–water partition coefficient (Wildman–Crippen LogP) is 3.06. The van der Waals surface area contributed by atoms with Gasteiger partial charge in [-0.25, -0.2) is 0 Å². The lowest BCUT2D eigenvalue weighted by Gasteiger charge is -2.00. The second-order valence-corrected chi connectivity index (χ2v) is 8.05. The molecule has 2 rings (SSSR count). The molecule has 7 nitrogen and oxygen atoms in total. The lowest BCUT2D eigenvalue weighted by molar-refractivity contribution is -0.385. The number of nitro groups is 1. The molecule has 0 unspecified atom stereocenters. The molecule has 0 saturated carbocycles. The number of thiazole rings is 1. The second-order valence-electron chi connectivity index (χ2n) is 5.07. The van der Waals surface area contributed by atoms with Crippen molar-refractivity contribution in [2.45, 2.75) is 24.7 Å². The van der Waals surface area contributed by atoms with Gasteiger partial charge in [-0.3, -0.25) is 10.1 Å². The zero-order valence-corrected chi connectivity index (χ0v) is 14.9. The Morgan fingerprint density at radius 3 is 2.57 bits per heavy atom. The molecular weight excluding hydrogens is 362 g/mol. The van der Waals surface area contributed by atoms with E-state index < -0.39 is 14.9 Å². The largest absolute Gasteiger partial charge is 0.310 e. The Bertz CT molecular complexity index is 929. The summed E-state index contributed by atoms with van der Waals surface area (Å²) >= 11 is 7.36. The van der Waals surface area contributed by atoms with Gasteiger partial charge in [0.15, 0.2) is 0 Å². The van der Waals surface area contributed by atoms with Crippen LogP contribution in [-0.2, 0) is 17.1 Å². The summed E-state index contributed by atoms with van der Waals surface area (Å²) in [5, 5.41) is 11.2. The number of aromatic nitrogens is 1. The Morgan fingerprint density at radius 1 is 1.39 bits per heavy atom. The first-order valence-electron chi connectivity index (χ1n) is 6.54. The summed E-state index contributed by atoms with van der Waals surface area (Å²) in [5.74, 6) is 0.128. The summed E-state index contributed by atoms with van der Waals surface area (Å²) in [6, 6.07) is 4.78. The van der Waals surface area contributed by atoms with Gasteiger partial charge in [0.1, 0.15) is 5.15 Å². The topological polar surface area (TPSA) is 94.6 Å². The van der Waals surface area contributed by atoms with Crippen molar-refractivity contribution in [3.05, 3.63) is 49.2 Å². The summed E-state index contributed by atoms with van der Waals surface area (Å²) in [5.41, 5.74) is -0.308. The summed E-state index contributed by atoms with van der Waals surface area (Å²) < 4.78 is 30.0. The molecule has 1 aromatic heterocycles. The van der Waals surface area contributed by atoms with E-state index in [-0.39, 0.29) is 21.3 Å². The van der Waals surface area contributed by atoms with Crippen molar-refractivity contribution in [2.24, 2.45) is 11.4 Å². The van der Waals surface area contributed by atoms with Crippen LogP contribution in [0.4, 0.5) is 5.69 Å². The molecule has 124 valence electrons. The molecule has 0 bridgehead atoms. The van der Waals surface area contributed by atoms with E-state index >= 15 is 0 Å². The van der Waals surface area contributed by atoms with Crippen LogP contribution in [0, 0.1) is 10.1 Å². The molecule has 0 spiro atoms. The second kappa shape index (κ2) is 6.42. The molecule has 0 N–H and O–H groups in total. The average Bonchev–Trinajstić information content (AvgIpc) is 2.75. The van der Waals surface area contributed by atoms with E-state index in [0.29, 0.717) is 5.15 Å². The number of halogens is 1. The summed E-state index contributed by atoms with van der Waals surface area (Å²) in [4.78, 5) is 10.9. The number of hydrogen-bond donors (Lipinski definition) is 0. The highest BCUT2D eigenvalue weighted by molar-refractivity contribution is 7.90. The standard InChI is InChI=1S/C13H14ClN3O4S2/c1-8(2)11-12(14)16(3)13(22-11)15-23(20,21)10-6-4-5-9(7-10)17(18)19/h4-8H,1-3H3/b15-13+. The molecule has 23 heavy (non-hydrogen) atoms. The molecule has 0 amide bonds. The van der Waals surface area contributed by atoms with Crippen molar-refractivity contribution in [1.82, 2.24) is 4.57 Å². The molecule has 0 saturated heterocycles. The minimum Gasteiger partial charge on any atom is -0.310 e. The van der Waals surface area contributed by atoms with Crippen molar-refractivity contribution in [1.29, 1.82) is 0 Å². The van der Waals surface area contributed by atoms with Gasteiger partial charge in [0.05, 0.1) is 9.82 Å². The normalized spacial score (nSPS) is 12.8. The van der Waals surface area contributed by atoms with Gasteiger partial charge in [-0.15, -0.1) is 4.40 Å². The van der Waals surface area contributed by atoms with Gasteiger partial charge in [-0.2, -0.15) is 8.42 Å². The van der Waals surface area contributed by atoms with Gasteiger partial charge in [0.25, 0.3) is 15.7 Å². The fraction of sp³-hybridized carbons (Fsp3) is 0.308. The SMILES string of the molecule is CC(C)c1s/c(=N/S(=O)(=O)c2cccc([N+](=O)[O-])c2)n(C)c1Cl. The zero-order valence-electron chi connectivity index (χ0n) is 12.6. The number of sulfonamides is 1. The minimum atomic E-state index is -4.07. The molecule has 0 atom stereocenters. The van der Waals surface area contributed by atoms with E-state index in [9.17, 15) is 18.5 Å². The molecule has 0 aliphatic rings. The third kappa shape index (κ3) is 3.62. The fourth-order valence-corrected chi connectivity index (χ4v) is 4.55. The van der Waals surface area contributed by atoms with E-state index in [1.165, 1.54) is 34.1 Å². The lowest BCUT2D eigenvalue weighted by atomic mass is 10.2. The highest BCUT2D eigenvalue weighted by Gasteiger charge is 2.19. The number of benzene rings is 1. The average molecular weight is 376 g/mol. The molecule has 1 heterocycles. The third-order valence-electron chi connectivity index (χ3n) is 3.03. The maximum absolute atomic E-state index is 12.4. The van der Waals surface area contributed by atoms with Crippen LogP contribution in [0.1, 0.15) is 24.6 Å². The van der Waals surface area contributed by atoms with Gasteiger partial charge in [-0.05, 0) is 12.0 Å². The van der Waals surface area contributed by atoms with E-state index in [1.54, 1.807) is 7.05 Å². The Balaban J connectivity index is 2.60. The van der Waals surface area contributed by atoms with Gasteiger partial charge in [-0.1, -0.05) is 42.9 Å². The number of nitro benzene ring substituents is 1. The molecule has 10 heteroatoms. The predicted molar refractivity (Wildman–Crippen MR) is 88.2 cm³/mol. The van der Waals surface area contributed by atoms with Gasteiger partial charge in [0, 0.05) is 24.1 Å². The molecule has 0 radical (unpaired) electrons. The quantitative estimate of drug-likeness (QED) is 0.606. The Kier molecular flexibility index (Phi) is 4.92. The van der Waals surface area contributed by atoms with Crippen LogP contribution in [0.25, 0.3) is 0 Å². The van der Waals surface area contributed by atoms with Crippen molar-refractivity contribution in [3.63, 3.8) is 0 Å². The van der Waals surface area contributed by atoms with Crippen LogP contribution in [0.5, 0.6) is 0 Å². The highest BCUT2D eigenvalue weighted by Crippen LogP contribution is 2.26. The molecule has 0 fully saturated rings. The van der Waals surface area contributed by atoms with Crippen LogP contribution >= 0.6 is 22.9 Å². The van der Waals surface area contributed by atoms with Gasteiger partial charge >= 0.3 is 0 Å². The maximum atomic E-state index is 12.4. The molecular formula is C13H14ClN3O4S2.